The molecule has 1 heterocycles. The second-order valence-corrected chi connectivity index (χ2v) is 6.89. The molecule has 6 nitrogen and oxygen atoms in total. The minimum absolute atomic E-state index is 0.197. The fourth-order valence-electron chi connectivity index (χ4n) is 2.74. The largest absolute Gasteiger partial charge is 0.385 e. The van der Waals surface area contributed by atoms with E-state index < -0.39 is 0 Å². The summed E-state index contributed by atoms with van der Waals surface area (Å²) in [5, 5.41) is 16.5. The van der Waals surface area contributed by atoms with Crippen molar-refractivity contribution in [3.8, 4) is 17.2 Å². The van der Waals surface area contributed by atoms with Gasteiger partial charge in [0.25, 0.3) is 0 Å². The van der Waals surface area contributed by atoms with Crippen LogP contribution in [0.1, 0.15) is 17.5 Å². The number of hydrogen-bond donors (Lipinski definition) is 1. The quantitative estimate of drug-likeness (QED) is 0.478. The Morgan fingerprint density at radius 1 is 1.22 bits per heavy atom. The zero-order chi connectivity index (χ0) is 19.1. The van der Waals surface area contributed by atoms with Crippen molar-refractivity contribution in [2.24, 2.45) is 0 Å². The van der Waals surface area contributed by atoms with E-state index >= 15 is 0 Å². The van der Waals surface area contributed by atoms with Gasteiger partial charge in [-0.2, -0.15) is 5.26 Å². The van der Waals surface area contributed by atoms with Crippen LogP contribution in [0.25, 0.3) is 11.1 Å². The molecule has 0 saturated carbocycles. The van der Waals surface area contributed by atoms with Crippen molar-refractivity contribution in [2.45, 2.75) is 23.9 Å². The molecule has 0 saturated heterocycles. The summed E-state index contributed by atoms with van der Waals surface area (Å²) in [5.74, 6) is 0.703. The summed E-state index contributed by atoms with van der Waals surface area (Å²) in [7, 11) is 1.65. The highest BCUT2D eigenvalue weighted by atomic mass is 32.2. The molecule has 7 heteroatoms. The summed E-state index contributed by atoms with van der Waals surface area (Å²) in [6, 6.07) is 17.9. The Morgan fingerprint density at radius 3 is 2.74 bits per heavy atom. The van der Waals surface area contributed by atoms with Gasteiger partial charge in [-0.3, -0.25) is 4.57 Å². The first-order chi connectivity index (χ1) is 13.2. The molecule has 0 spiro atoms. The first kappa shape index (κ1) is 19.0. The topological polar surface area (TPSA) is 83.7 Å². The Bertz CT molecular complexity index is 986. The van der Waals surface area contributed by atoms with Crippen molar-refractivity contribution in [3.63, 3.8) is 0 Å². The lowest BCUT2D eigenvalue weighted by molar-refractivity contribution is 0.189. The van der Waals surface area contributed by atoms with E-state index in [0.717, 1.165) is 23.1 Å². The van der Waals surface area contributed by atoms with E-state index in [2.05, 4.69) is 16.3 Å². The van der Waals surface area contributed by atoms with Gasteiger partial charge in [0.05, 0.1) is 11.6 Å². The molecule has 3 aromatic rings. The summed E-state index contributed by atoms with van der Waals surface area (Å²) < 4.78 is 6.68. The maximum Gasteiger partial charge on any atom is 0.343 e. The Kier molecular flexibility index (Phi) is 6.47. The van der Waals surface area contributed by atoms with Crippen LogP contribution in [0.4, 0.5) is 0 Å². The number of methoxy groups -OCH3 is 1. The standard InChI is InChI=1S/C20H20N4O2S/c1-26-12-4-11-24-19(25)22-23-20(24)27-14-15-7-9-16(10-8-15)18-6-3-2-5-17(18)13-21/h2-3,5-10H,4,11-12,14H2,1H3,(H,22,25). The number of aromatic amines is 1. The fourth-order valence-corrected chi connectivity index (χ4v) is 3.67. The third kappa shape index (κ3) is 4.67. The SMILES string of the molecule is COCCCn1c(SCc2ccc(-c3ccccc3C#N)cc2)n[nH]c1=O. The highest BCUT2D eigenvalue weighted by Gasteiger charge is 2.09. The third-order valence-electron chi connectivity index (χ3n) is 4.13. The lowest BCUT2D eigenvalue weighted by Gasteiger charge is -2.07. The zero-order valence-electron chi connectivity index (χ0n) is 15.0. The van der Waals surface area contributed by atoms with Crippen LogP contribution in [0.15, 0.2) is 58.5 Å². The van der Waals surface area contributed by atoms with Crippen molar-refractivity contribution >= 4 is 11.8 Å². The van der Waals surface area contributed by atoms with Gasteiger partial charge in [0.2, 0.25) is 0 Å². The van der Waals surface area contributed by atoms with E-state index in [4.69, 9.17) is 4.74 Å². The van der Waals surface area contributed by atoms with Gasteiger partial charge < -0.3 is 4.74 Å². The van der Waals surface area contributed by atoms with Gasteiger partial charge in [-0.15, -0.1) is 5.10 Å². The van der Waals surface area contributed by atoms with Crippen LogP contribution in [0, 0.1) is 11.3 Å². The molecule has 0 aliphatic rings. The predicted octanol–water partition coefficient (Wildman–Crippen LogP) is 3.44. The van der Waals surface area contributed by atoms with Crippen LogP contribution in [-0.2, 0) is 17.0 Å². The van der Waals surface area contributed by atoms with Gasteiger partial charge >= 0.3 is 5.69 Å². The number of nitrogens with one attached hydrogen (secondary N) is 1. The van der Waals surface area contributed by atoms with E-state index in [1.54, 1.807) is 11.7 Å². The molecular formula is C20H20N4O2S. The van der Waals surface area contributed by atoms with Crippen molar-refractivity contribution in [1.29, 1.82) is 5.26 Å². The van der Waals surface area contributed by atoms with Crippen molar-refractivity contribution in [3.05, 3.63) is 70.1 Å². The van der Waals surface area contributed by atoms with Gasteiger partial charge in [-0.05, 0) is 29.2 Å². The summed E-state index contributed by atoms with van der Waals surface area (Å²) in [4.78, 5) is 11.9. The van der Waals surface area contributed by atoms with Gasteiger partial charge in [-0.1, -0.05) is 54.2 Å². The van der Waals surface area contributed by atoms with Crippen LogP contribution in [-0.4, -0.2) is 28.5 Å². The molecule has 138 valence electrons. The normalized spacial score (nSPS) is 10.7. The molecule has 0 fully saturated rings. The Labute approximate surface area is 161 Å². The lowest BCUT2D eigenvalue weighted by atomic mass is 10.00. The number of H-pyrrole nitrogens is 1. The average molecular weight is 380 g/mol. The molecule has 0 bridgehead atoms. The van der Waals surface area contributed by atoms with Crippen molar-refractivity contribution < 1.29 is 4.74 Å². The van der Waals surface area contributed by atoms with Crippen LogP contribution in [0.2, 0.25) is 0 Å². The number of nitrogens with zero attached hydrogens (tertiary/aromatic N) is 3. The molecular weight excluding hydrogens is 360 g/mol. The number of nitriles is 1. The molecule has 0 atom stereocenters. The molecule has 0 aliphatic heterocycles. The Balaban J connectivity index is 1.68. The average Bonchev–Trinajstić information content (AvgIpc) is 3.06. The van der Waals surface area contributed by atoms with Gasteiger partial charge in [-0.25, -0.2) is 9.89 Å². The van der Waals surface area contributed by atoms with E-state index in [1.165, 1.54) is 11.8 Å². The molecule has 0 amide bonds. The predicted molar refractivity (Wildman–Crippen MR) is 105 cm³/mol. The second kappa shape index (κ2) is 9.21. The van der Waals surface area contributed by atoms with Crippen LogP contribution in [0.3, 0.4) is 0 Å². The first-order valence-corrected chi connectivity index (χ1v) is 9.57. The monoisotopic (exact) mass is 380 g/mol. The van der Waals surface area contributed by atoms with E-state index in [0.29, 0.717) is 29.6 Å². The number of ether oxygens (including phenoxy) is 1. The fraction of sp³-hybridized carbons (Fsp3) is 0.250. The van der Waals surface area contributed by atoms with E-state index in [1.807, 2.05) is 48.5 Å². The lowest BCUT2D eigenvalue weighted by Crippen LogP contribution is -2.18. The number of benzene rings is 2. The minimum atomic E-state index is -0.197. The second-order valence-electron chi connectivity index (χ2n) is 5.95. The zero-order valence-corrected chi connectivity index (χ0v) is 15.8. The smallest absolute Gasteiger partial charge is 0.343 e. The van der Waals surface area contributed by atoms with E-state index in [9.17, 15) is 10.1 Å². The maximum absolute atomic E-state index is 11.9. The van der Waals surface area contributed by atoms with Crippen LogP contribution in [0.5, 0.6) is 0 Å². The number of hydrogen-bond acceptors (Lipinski definition) is 5. The molecule has 0 radical (unpaired) electrons. The highest BCUT2D eigenvalue weighted by Crippen LogP contribution is 2.25. The molecule has 3 rings (SSSR count). The Morgan fingerprint density at radius 2 is 2.00 bits per heavy atom. The first-order valence-electron chi connectivity index (χ1n) is 8.58. The highest BCUT2D eigenvalue weighted by molar-refractivity contribution is 7.98. The number of aromatic nitrogens is 3. The molecule has 1 N–H and O–H groups in total. The number of rotatable bonds is 8. The maximum atomic E-state index is 11.9. The van der Waals surface area contributed by atoms with E-state index in [-0.39, 0.29) is 5.69 Å². The van der Waals surface area contributed by atoms with Gasteiger partial charge in [0.1, 0.15) is 0 Å². The van der Waals surface area contributed by atoms with Crippen molar-refractivity contribution in [1.82, 2.24) is 14.8 Å². The third-order valence-corrected chi connectivity index (χ3v) is 5.18. The van der Waals surface area contributed by atoms with Crippen molar-refractivity contribution in [2.75, 3.05) is 13.7 Å². The molecule has 1 aromatic heterocycles. The van der Waals surface area contributed by atoms with Gasteiger partial charge in [0.15, 0.2) is 5.16 Å². The number of thioether (sulfide) groups is 1. The minimum Gasteiger partial charge on any atom is -0.385 e. The summed E-state index contributed by atoms with van der Waals surface area (Å²) in [6.45, 7) is 1.18. The molecule has 27 heavy (non-hydrogen) atoms. The summed E-state index contributed by atoms with van der Waals surface area (Å²) >= 11 is 1.52. The Hall–Kier alpha value is -2.82. The van der Waals surface area contributed by atoms with Crippen LogP contribution >= 0.6 is 11.8 Å². The van der Waals surface area contributed by atoms with Crippen LogP contribution < -0.4 is 5.69 Å². The molecule has 0 aliphatic carbocycles. The van der Waals surface area contributed by atoms with Gasteiger partial charge in [0, 0.05) is 26.0 Å². The summed E-state index contributed by atoms with van der Waals surface area (Å²) in [5.41, 5.74) is 3.53. The molecule has 0 unspecified atom stereocenters. The molecule has 2 aromatic carbocycles. The summed E-state index contributed by atoms with van der Waals surface area (Å²) in [6.07, 6.45) is 0.760.